The molecule has 122 valence electrons. The van der Waals surface area contributed by atoms with Crippen LogP contribution in [0.2, 0.25) is 0 Å². The minimum Gasteiger partial charge on any atom is -0.508 e. The van der Waals surface area contributed by atoms with E-state index >= 15 is 0 Å². The Morgan fingerprint density at radius 3 is 2.70 bits per heavy atom. The number of aryl methyl sites for hydroxylation is 1. The Balaban J connectivity index is 1.91. The smallest absolute Gasteiger partial charge is 0.336 e. The average Bonchev–Trinajstić information content (AvgIpc) is 3.00. The van der Waals surface area contributed by atoms with E-state index in [1.807, 2.05) is 0 Å². The first-order valence-corrected chi connectivity index (χ1v) is 7.72. The van der Waals surface area contributed by atoms with Gasteiger partial charge in [-0.2, -0.15) is 0 Å². The number of carbonyl (C=O) groups excluding carboxylic acids is 1. The van der Waals surface area contributed by atoms with Crippen molar-refractivity contribution in [3.05, 3.63) is 39.7 Å². The van der Waals surface area contributed by atoms with Gasteiger partial charge < -0.3 is 14.3 Å². The molecule has 0 radical (unpaired) electrons. The van der Waals surface area contributed by atoms with Gasteiger partial charge in [-0.05, 0) is 26.0 Å². The number of hydrogen-bond acceptors (Lipinski definition) is 5. The molecule has 7 heteroatoms. The number of aromatic hydroxyl groups is 1. The lowest BCUT2D eigenvalue weighted by atomic mass is 10.1. The van der Waals surface area contributed by atoms with Crippen molar-refractivity contribution >= 4 is 40.1 Å². The van der Waals surface area contributed by atoms with Crippen molar-refractivity contribution in [2.75, 3.05) is 0 Å². The molecule has 1 aliphatic carbocycles. The van der Waals surface area contributed by atoms with Crippen LogP contribution in [0.3, 0.4) is 0 Å². The van der Waals surface area contributed by atoms with Gasteiger partial charge >= 0.3 is 11.6 Å². The molecule has 0 spiro atoms. The highest BCUT2D eigenvalue weighted by Gasteiger charge is 2.69. The highest BCUT2D eigenvalue weighted by Crippen LogP contribution is 2.64. The number of phenols is 1. The molecule has 1 aromatic heterocycles. The molecule has 0 aliphatic heterocycles. The van der Waals surface area contributed by atoms with Crippen LogP contribution in [0.4, 0.5) is 0 Å². The Hall–Kier alpha value is -1.72. The largest absolute Gasteiger partial charge is 0.508 e. The van der Waals surface area contributed by atoms with Crippen molar-refractivity contribution in [1.29, 1.82) is 0 Å². The monoisotopic (exact) mass is 356 g/mol. The fourth-order valence-corrected chi connectivity index (χ4v) is 3.15. The zero-order valence-electron chi connectivity index (χ0n) is 12.5. The van der Waals surface area contributed by atoms with Crippen LogP contribution < -0.4 is 5.63 Å². The first-order chi connectivity index (χ1) is 10.7. The second kappa shape index (κ2) is 5.14. The Labute approximate surface area is 141 Å². The quantitative estimate of drug-likeness (QED) is 0.517. The van der Waals surface area contributed by atoms with Crippen LogP contribution in [0.25, 0.3) is 11.0 Å². The molecule has 1 fully saturated rings. The van der Waals surface area contributed by atoms with Crippen molar-refractivity contribution in [1.82, 2.24) is 0 Å². The number of hydrogen-bond donors (Lipinski definition) is 1. The molecule has 2 aromatic rings. The molecule has 1 heterocycles. The number of benzene rings is 1. The molecule has 0 saturated heterocycles. The summed E-state index contributed by atoms with van der Waals surface area (Å²) in [6.07, 6.45) is 0.326. The molecule has 3 rings (SSSR count). The topological polar surface area (TPSA) is 76.7 Å². The summed E-state index contributed by atoms with van der Waals surface area (Å²) >= 11 is 11.9. The number of ether oxygens (including phenoxy) is 1. The average molecular weight is 357 g/mol. The van der Waals surface area contributed by atoms with Gasteiger partial charge in [0.15, 0.2) is 0 Å². The number of esters is 1. The van der Waals surface area contributed by atoms with Crippen LogP contribution in [0.1, 0.15) is 24.5 Å². The second-order valence-corrected chi connectivity index (χ2v) is 7.45. The summed E-state index contributed by atoms with van der Waals surface area (Å²) in [7, 11) is 0. The van der Waals surface area contributed by atoms with Crippen molar-refractivity contribution in [2.24, 2.45) is 5.41 Å². The Bertz CT molecular complexity index is 871. The molecule has 23 heavy (non-hydrogen) atoms. The molecule has 1 saturated carbocycles. The van der Waals surface area contributed by atoms with E-state index < -0.39 is 21.3 Å². The lowest BCUT2D eigenvalue weighted by Crippen LogP contribution is -2.21. The van der Waals surface area contributed by atoms with Gasteiger partial charge in [-0.3, -0.25) is 4.79 Å². The van der Waals surface area contributed by atoms with Gasteiger partial charge in [0.05, 0.1) is 0 Å². The third kappa shape index (κ3) is 2.58. The molecule has 1 aliphatic rings. The number of rotatable bonds is 3. The first-order valence-electron chi connectivity index (χ1n) is 6.96. The maximum Gasteiger partial charge on any atom is 0.336 e. The fraction of sp³-hybridized carbons (Fsp3) is 0.375. The summed E-state index contributed by atoms with van der Waals surface area (Å²) in [5.74, 6) is -0.492. The fourth-order valence-electron chi connectivity index (χ4n) is 2.46. The van der Waals surface area contributed by atoms with Crippen molar-refractivity contribution in [3.63, 3.8) is 0 Å². The maximum atomic E-state index is 12.1. The van der Waals surface area contributed by atoms with E-state index in [1.165, 1.54) is 12.1 Å². The maximum absolute atomic E-state index is 12.1. The van der Waals surface area contributed by atoms with Gasteiger partial charge in [-0.1, -0.05) is 0 Å². The molecular weight excluding hydrogens is 343 g/mol. The molecule has 1 N–H and O–H groups in total. The highest BCUT2D eigenvalue weighted by atomic mass is 35.5. The highest BCUT2D eigenvalue weighted by molar-refractivity contribution is 6.53. The van der Waals surface area contributed by atoms with Crippen LogP contribution >= 0.6 is 23.2 Å². The minimum atomic E-state index is -1.11. The predicted molar refractivity (Wildman–Crippen MR) is 85.8 cm³/mol. The van der Waals surface area contributed by atoms with E-state index in [-0.39, 0.29) is 17.9 Å². The lowest BCUT2D eigenvalue weighted by molar-refractivity contribution is -0.150. The molecule has 5 nitrogen and oxygen atoms in total. The van der Waals surface area contributed by atoms with Gasteiger partial charge in [0.25, 0.3) is 0 Å². The Morgan fingerprint density at radius 2 is 2.09 bits per heavy atom. The van der Waals surface area contributed by atoms with E-state index in [0.717, 1.165) is 0 Å². The minimum absolute atomic E-state index is 0.0225. The van der Waals surface area contributed by atoms with Crippen molar-refractivity contribution < 1.29 is 19.1 Å². The first kappa shape index (κ1) is 16.1. The number of carbonyl (C=O) groups is 1. The van der Waals surface area contributed by atoms with E-state index in [9.17, 15) is 14.7 Å². The Morgan fingerprint density at radius 1 is 1.43 bits per heavy atom. The summed E-state index contributed by atoms with van der Waals surface area (Å²) < 4.78 is 9.30. The van der Waals surface area contributed by atoms with Crippen LogP contribution in [-0.4, -0.2) is 15.4 Å². The van der Waals surface area contributed by atoms with E-state index in [1.54, 1.807) is 19.9 Å². The summed E-state index contributed by atoms with van der Waals surface area (Å²) in [4.78, 5) is 23.8. The number of alkyl halides is 2. The molecule has 0 unspecified atom stereocenters. The third-order valence-electron chi connectivity index (χ3n) is 4.29. The number of halogens is 2. The van der Waals surface area contributed by atoms with E-state index in [4.69, 9.17) is 32.4 Å². The molecule has 1 atom stereocenters. The Kier molecular flexibility index (Phi) is 3.61. The van der Waals surface area contributed by atoms with Gasteiger partial charge in [0.2, 0.25) is 0 Å². The van der Waals surface area contributed by atoms with Crippen LogP contribution in [0.5, 0.6) is 5.75 Å². The standard InChI is InChI=1S/C16H14Cl2O5/c1-8-11(19)4-3-10-9(5-12(20)23-13(8)10)6-22-14(21)15(2)7-16(15,17)18/h3-5,19H,6-7H2,1-2H3/t15-/m0/s1. The van der Waals surface area contributed by atoms with Crippen LogP contribution in [0, 0.1) is 12.3 Å². The van der Waals surface area contributed by atoms with E-state index in [0.29, 0.717) is 22.9 Å². The molecular formula is C16H14Cl2O5. The second-order valence-electron chi connectivity index (χ2n) is 5.97. The van der Waals surface area contributed by atoms with E-state index in [2.05, 4.69) is 0 Å². The van der Waals surface area contributed by atoms with Crippen molar-refractivity contribution in [3.8, 4) is 5.75 Å². The SMILES string of the molecule is Cc1c(O)ccc2c(COC(=O)[C@]3(C)CC3(Cl)Cl)cc(=O)oc12. The summed E-state index contributed by atoms with van der Waals surface area (Å²) in [6, 6.07) is 4.36. The van der Waals surface area contributed by atoms with Gasteiger partial charge in [-0.25, -0.2) is 4.79 Å². The number of phenolic OH excluding ortho intramolecular Hbond substituents is 1. The third-order valence-corrected chi connectivity index (χ3v) is 5.39. The summed E-state index contributed by atoms with van der Waals surface area (Å²) in [6.45, 7) is 3.16. The summed E-state index contributed by atoms with van der Waals surface area (Å²) in [5, 5.41) is 10.3. The van der Waals surface area contributed by atoms with Crippen molar-refractivity contribution in [2.45, 2.75) is 31.2 Å². The van der Waals surface area contributed by atoms with Gasteiger partial charge in [0, 0.05) is 29.0 Å². The van der Waals surface area contributed by atoms with Gasteiger partial charge in [-0.15, -0.1) is 23.2 Å². The normalized spacial score (nSPS) is 22.1. The number of fused-ring (bicyclic) bond motifs is 1. The van der Waals surface area contributed by atoms with Crippen LogP contribution in [0.15, 0.2) is 27.4 Å². The lowest BCUT2D eigenvalue weighted by Gasteiger charge is -2.13. The van der Waals surface area contributed by atoms with Gasteiger partial charge in [0.1, 0.15) is 27.7 Å². The zero-order chi connectivity index (χ0) is 17.0. The summed E-state index contributed by atoms with van der Waals surface area (Å²) in [5.41, 5.74) is -0.308. The molecule has 0 bridgehead atoms. The molecule has 1 aromatic carbocycles. The predicted octanol–water partition coefficient (Wildman–Crippen LogP) is 3.43. The molecule has 0 amide bonds. The zero-order valence-corrected chi connectivity index (χ0v) is 14.0. The van der Waals surface area contributed by atoms with Crippen LogP contribution in [-0.2, 0) is 16.1 Å².